The summed E-state index contributed by atoms with van der Waals surface area (Å²) in [5.41, 5.74) is -0.768. The van der Waals surface area contributed by atoms with Crippen LogP contribution < -0.4 is 5.32 Å². The smallest absolute Gasteiger partial charge is 0.248 e. The van der Waals surface area contributed by atoms with Crippen LogP contribution >= 0.6 is 0 Å². The lowest BCUT2D eigenvalue weighted by molar-refractivity contribution is -0.139. The summed E-state index contributed by atoms with van der Waals surface area (Å²) in [7, 11) is 0. The van der Waals surface area contributed by atoms with Gasteiger partial charge in [-0.15, -0.1) is 0 Å². The summed E-state index contributed by atoms with van der Waals surface area (Å²) in [6, 6.07) is 0.250. The molecule has 4 heteroatoms. The van der Waals surface area contributed by atoms with Crippen molar-refractivity contribution in [2.75, 3.05) is 6.54 Å². The van der Waals surface area contributed by atoms with E-state index >= 15 is 0 Å². The third-order valence-electron chi connectivity index (χ3n) is 3.25. The Morgan fingerprint density at radius 2 is 1.94 bits per heavy atom. The fourth-order valence-corrected chi connectivity index (χ4v) is 2.35. The molecule has 1 heterocycles. The lowest BCUT2D eigenvalue weighted by atomic mass is 10.0. The van der Waals surface area contributed by atoms with E-state index in [0.29, 0.717) is 13.0 Å². The number of carbonyl (C=O) groups is 2. The van der Waals surface area contributed by atoms with Crippen molar-refractivity contribution >= 4 is 11.8 Å². The van der Waals surface area contributed by atoms with Gasteiger partial charge in [-0.2, -0.15) is 0 Å². The van der Waals surface area contributed by atoms with Gasteiger partial charge in [-0.25, -0.2) is 0 Å². The van der Waals surface area contributed by atoms with E-state index in [-0.39, 0.29) is 17.9 Å². The highest BCUT2D eigenvalue weighted by Gasteiger charge is 2.39. The highest BCUT2D eigenvalue weighted by molar-refractivity contribution is 5.93. The van der Waals surface area contributed by atoms with E-state index in [1.807, 2.05) is 4.90 Å². The zero-order valence-corrected chi connectivity index (χ0v) is 9.82. The summed E-state index contributed by atoms with van der Waals surface area (Å²) in [6.07, 6.45) is 6.44. The van der Waals surface area contributed by atoms with Crippen molar-refractivity contribution in [1.29, 1.82) is 0 Å². The Balaban J connectivity index is 2.18. The molecule has 2 aliphatic rings. The largest absolute Gasteiger partial charge is 0.342 e. The molecular weight excluding hydrogens is 204 g/mol. The first-order valence-electron chi connectivity index (χ1n) is 5.78. The fourth-order valence-electron chi connectivity index (χ4n) is 2.35. The van der Waals surface area contributed by atoms with E-state index in [1.54, 1.807) is 13.8 Å². The van der Waals surface area contributed by atoms with Crippen LogP contribution in [0.2, 0.25) is 0 Å². The number of carbonyl (C=O) groups excluding carboxylic acids is 2. The molecule has 1 N–H and O–H groups in total. The van der Waals surface area contributed by atoms with Crippen LogP contribution in [0, 0.1) is 0 Å². The molecule has 1 saturated heterocycles. The van der Waals surface area contributed by atoms with Gasteiger partial charge in [-0.3, -0.25) is 9.59 Å². The van der Waals surface area contributed by atoms with Crippen LogP contribution in [-0.4, -0.2) is 34.8 Å². The summed E-state index contributed by atoms with van der Waals surface area (Å²) in [6.45, 7) is 4.09. The Labute approximate surface area is 95.7 Å². The maximum Gasteiger partial charge on any atom is 0.248 e. The van der Waals surface area contributed by atoms with Gasteiger partial charge in [0.1, 0.15) is 5.54 Å². The Morgan fingerprint density at radius 1 is 1.31 bits per heavy atom. The van der Waals surface area contributed by atoms with Gasteiger partial charge < -0.3 is 10.2 Å². The minimum absolute atomic E-state index is 0.0343. The number of hydrogen-bond donors (Lipinski definition) is 1. The van der Waals surface area contributed by atoms with Crippen molar-refractivity contribution in [3.8, 4) is 0 Å². The van der Waals surface area contributed by atoms with Crippen LogP contribution in [0.25, 0.3) is 0 Å². The molecule has 2 amide bonds. The number of nitrogens with one attached hydrogen (secondary N) is 1. The van der Waals surface area contributed by atoms with Gasteiger partial charge in [0.2, 0.25) is 11.8 Å². The lowest BCUT2D eigenvalue weighted by Crippen LogP contribution is -2.54. The van der Waals surface area contributed by atoms with Gasteiger partial charge in [0.15, 0.2) is 0 Å². The summed E-state index contributed by atoms with van der Waals surface area (Å²) in [5, 5.41) is 2.77. The molecule has 0 aromatic rings. The molecule has 0 unspecified atom stereocenters. The van der Waals surface area contributed by atoms with Gasteiger partial charge >= 0.3 is 0 Å². The van der Waals surface area contributed by atoms with Crippen molar-refractivity contribution in [3.63, 3.8) is 0 Å². The van der Waals surface area contributed by atoms with E-state index in [2.05, 4.69) is 17.5 Å². The molecule has 0 atom stereocenters. The lowest BCUT2D eigenvalue weighted by Gasteiger charge is -2.33. The van der Waals surface area contributed by atoms with E-state index in [1.165, 1.54) is 0 Å². The molecule has 2 rings (SSSR count). The second-order valence-electron chi connectivity index (χ2n) is 5.02. The second kappa shape index (κ2) is 3.92. The molecule has 1 aliphatic carbocycles. The summed E-state index contributed by atoms with van der Waals surface area (Å²) < 4.78 is 0. The molecule has 16 heavy (non-hydrogen) atoms. The van der Waals surface area contributed by atoms with Crippen LogP contribution in [0.5, 0.6) is 0 Å². The van der Waals surface area contributed by atoms with E-state index in [0.717, 1.165) is 12.8 Å². The zero-order valence-electron chi connectivity index (χ0n) is 9.82. The molecule has 0 saturated carbocycles. The number of nitrogens with zero attached hydrogens (tertiary/aromatic N) is 1. The van der Waals surface area contributed by atoms with E-state index in [9.17, 15) is 9.59 Å². The SMILES string of the molecule is CC1(C)NC(=O)CCN(C2CC=CC2)C1=O. The highest BCUT2D eigenvalue weighted by atomic mass is 16.2. The Bertz CT molecular complexity index is 339. The zero-order chi connectivity index (χ0) is 11.8. The van der Waals surface area contributed by atoms with Crippen molar-refractivity contribution in [2.24, 2.45) is 0 Å². The molecule has 0 radical (unpaired) electrons. The molecule has 1 aliphatic heterocycles. The monoisotopic (exact) mass is 222 g/mol. The quantitative estimate of drug-likeness (QED) is 0.668. The first kappa shape index (κ1) is 11.2. The minimum atomic E-state index is -0.768. The van der Waals surface area contributed by atoms with Crippen molar-refractivity contribution in [3.05, 3.63) is 12.2 Å². The molecule has 0 spiro atoms. The maximum atomic E-state index is 12.3. The third-order valence-corrected chi connectivity index (χ3v) is 3.25. The topological polar surface area (TPSA) is 49.4 Å². The Hall–Kier alpha value is -1.32. The standard InChI is InChI=1S/C12H18N2O2/c1-12(2)11(16)14(8-7-10(15)13-12)9-5-3-4-6-9/h3-4,9H,5-8H2,1-2H3,(H,13,15). The van der Waals surface area contributed by atoms with Crippen molar-refractivity contribution < 1.29 is 9.59 Å². The Kier molecular flexibility index (Phi) is 2.74. The number of hydrogen-bond acceptors (Lipinski definition) is 2. The van der Waals surface area contributed by atoms with Crippen LogP contribution in [0.3, 0.4) is 0 Å². The van der Waals surface area contributed by atoms with Crippen molar-refractivity contribution in [2.45, 2.75) is 44.7 Å². The van der Waals surface area contributed by atoms with E-state index < -0.39 is 5.54 Å². The van der Waals surface area contributed by atoms with Gasteiger partial charge in [0.05, 0.1) is 0 Å². The molecule has 0 bridgehead atoms. The normalized spacial score (nSPS) is 25.8. The first-order valence-corrected chi connectivity index (χ1v) is 5.78. The molecule has 1 fully saturated rings. The maximum absolute atomic E-state index is 12.3. The van der Waals surface area contributed by atoms with Crippen LogP contribution in [0.15, 0.2) is 12.2 Å². The van der Waals surface area contributed by atoms with Crippen LogP contribution in [-0.2, 0) is 9.59 Å². The summed E-state index contributed by atoms with van der Waals surface area (Å²) in [4.78, 5) is 25.6. The number of rotatable bonds is 1. The Morgan fingerprint density at radius 3 is 2.56 bits per heavy atom. The number of amides is 2. The molecule has 0 aromatic heterocycles. The van der Waals surface area contributed by atoms with Crippen molar-refractivity contribution in [1.82, 2.24) is 10.2 Å². The molecule has 4 nitrogen and oxygen atoms in total. The van der Waals surface area contributed by atoms with Gasteiger partial charge in [0.25, 0.3) is 0 Å². The average Bonchev–Trinajstić information content (AvgIpc) is 2.67. The van der Waals surface area contributed by atoms with Gasteiger partial charge in [-0.1, -0.05) is 12.2 Å². The van der Waals surface area contributed by atoms with Gasteiger partial charge in [-0.05, 0) is 26.7 Å². The second-order valence-corrected chi connectivity index (χ2v) is 5.02. The summed E-state index contributed by atoms with van der Waals surface area (Å²) in [5.74, 6) is -0.00106. The third kappa shape index (κ3) is 1.96. The molecule has 0 aromatic carbocycles. The predicted octanol–water partition coefficient (Wildman–Crippen LogP) is 0.832. The molecular formula is C12H18N2O2. The molecule has 88 valence electrons. The van der Waals surface area contributed by atoms with Gasteiger partial charge in [0, 0.05) is 19.0 Å². The minimum Gasteiger partial charge on any atom is -0.342 e. The van der Waals surface area contributed by atoms with Crippen LogP contribution in [0.1, 0.15) is 33.1 Å². The first-order chi connectivity index (χ1) is 7.50. The predicted molar refractivity (Wildman–Crippen MR) is 60.7 cm³/mol. The highest BCUT2D eigenvalue weighted by Crippen LogP contribution is 2.22. The van der Waals surface area contributed by atoms with E-state index in [4.69, 9.17) is 0 Å². The van der Waals surface area contributed by atoms with Crippen LogP contribution in [0.4, 0.5) is 0 Å². The summed E-state index contributed by atoms with van der Waals surface area (Å²) >= 11 is 0. The average molecular weight is 222 g/mol. The fraction of sp³-hybridized carbons (Fsp3) is 0.667.